The summed E-state index contributed by atoms with van der Waals surface area (Å²) in [7, 11) is 0. The van der Waals surface area contributed by atoms with Gasteiger partial charge in [0, 0.05) is 24.8 Å². The number of nitrogens with one attached hydrogen (secondary N) is 1. The fourth-order valence-corrected chi connectivity index (χ4v) is 3.61. The van der Waals surface area contributed by atoms with Crippen LogP contribution in [-0.2, 0) is 10.7 Å². The number of aliphatic hydroxyl groups is 1. The minimum atomic E-state index is -2.97. The molecule has 3 rings (SSSR count). The van der Waals surface area contributed by atoms with Crippen molar-refractivity contribution >= 4 is 10.9 Å². The first kappa shape index (κ1) is 24.0. The van der Waals surface area contributed by atoms with Crippen LogP contribution in [0.3, 0.4) is 0 Å². The molecule has 0 radical (unpaired) electrons. The molecule has 0 fully saturated rings. The van der Waals surface area contributed by atoms with Crippen molar-refractivity contribution in [2.24, 2.45) is 0 Å². The van der Waals surface area contributed by atoms with Crippen LogP contribution in [0.4, 0.5) is 8.78 Å². The monoisotopic (exact) mass is 444 g/mol. The zero-order valence-corrected chi connectivity index (χ0v) is 18.1. The molecule has 0 spiro atoms. The number of hydrogen-bond acceptors (Lipinski definition) is 4. The lowest BCUT2D eigenvalue weighted by Crippen LogP contribution is -2.32. The molecule has 0 unspecified atom stereocenters. The number of para-hydroxylation sites is 1. The van der Waals surface area contributed by atoms with Gasteiger partial charge in [-0.25, -0.2) is 0 Å². The van der Waals surface area contributed by atoms with Gasteiger partial charge in [0.15, 0.2) is 0 Å². The summed E-state index contributed by atoms with van der Waals surface area (Å²) in [6.45, 7) is 0.664. The molecule has 0 saturated carbocycles. The van der Waals surface area contributed by atoms with Crippen molar-refractivity contribution in [2.45, 2.75) is 37.8 Å². The first-order valence-corrected chi connectivity index (χ1v) is 11.0. The van der Waals surface area contributed by atoms with E-state index in [0.29, 0.717) is 18.7 Å². The van der Waals surface area contributed by atoms with Gasteiger partial charge >= 0.3 is 0 Å². The highest BCUT2D eigenvalue weighted by Gasteiger charge is 2.31. The predicted octanol–water partition coefficient (Wildman–Crippen LogP) is 4.45. The molecule has 0 saturated heterocycles. The summed E-state index contributed by atoms with van der Waals surface area (Å²) in [4.78, 5) is 12.2. The average Bonchev–Trinajstić information content (AvgIpc) is 2.80. The van der Waals surface area contributed by atoms with Crippen molar-refractivity contribution in [3.8, 4) is 0 Å². The third-order valence-electron chi connectivity index (χ3n) is 5.34. The molecule has 0 amide bonds. The Morgan fingerprint density at radius 2 is 1.66 bits per heavy atom. The largest absolute Gasteiger partial charge is 0.375 e. The van der Waals surface area contributed by atoms with E-state index in [4.69, 9.17) is 4.74 Å². The van der Waals surface area contributed by atoms with E-state index in [2.05, 4.69) is 5.32 Å². The van der Waals surface area contributed by atoms with Gasteiger partial charge in [-0.3, -0.25) is 9.36 Å². The van der Waals surface area contributed by atoms with Gasteiger partial charge in [-0.15, -0.1) is 0 Å². The summed E-state index contributed by atoms with van der Waals surface area (Å²) in [5, 5.41) is 14.5. The number of rotatable bonds is 13. The lowest BCUT2D eigenvalue weighted by Gasteiger charge is -2.17. The molecular weight excluding hydrogens is 414 g/mol. The molecule has 0 aliphatic heterocycles. The normalized spacial score (nSPS) is 12.8. The summed E-state index contributed by atoms with van der Waals surface area (Å²) in [5.74, 6) is -2.97. The van der Waals surface area contributed by atoms with Gasteiger partial charge in [-0.2, -0.15) is 8.78 Å². The second-order valence-corrected chi connectivity index (χ2v) is 7.82. The molecule has 1 aromatic heterocycles. The number of halogens is 2. The molecule has 2 aromatic carbocycles. The number of fused-ring (bicyclic) bond motifs is 1. The van der Waals surface area contributed by atoms with Crippen molar-refractivity contribution in [3.63, 3.8) is 0 Å². The molecular formula is C25H30F2N2O3. The number of ether oxygens (including phenoxy) is 1. The van der Waals surface area contributed by atoms with Crippen LogP contribution in [0.25, 0.3) is 10.9 Å². The minimum absolute atomic E-state index is 0.0287. The van der Waals surface area contributed by atoms with Crippen LogP contribution in [0.1, 0.15) is 37.5 Å². The minimum Gasteiger partial charge on any atom is -0.375 e. The lowest BCUT2D eigenvalue weighted by molar-refractivity contribution is -0.0831. The van der Waals surface area contributed by atoms with E-state index in [1.807, 2.05) is 24.3 Å². The van der Waals surface area contributed by atoms with Crippen LogP contribution in [0.15, 0.2) is 71.5 Å². The third kappa shape index (κ3) is 6.69. The maximum Gasteiger partial charge on any atom is 0.296 e. The predicted molar refractivity (Wildman–Crippen MR) is 122 cm³/mol. The molecule has 5 nitrogen and oxygen atoms in total. The summed E-state index contributed by atoms with van der Waals surface area (Å²) in [6.07, 6.45) is 2.46. The van der Waals surface area contributed by atoms with E-state index < -0.39 is 18.8 Å². The Bertz CT molecular complexity index is 1020. The molecule has 1 heterocycles. The Hall–Kier alpha value is -2.61. The molecule has 172 valence electrons. The number of pyridine rings is 1. The molecule has 1 atom stereocenters. The average molecular weight is 445 g/mol. The standard InChI is InChI=1S/C25H30F2N2O3/c26-25(27,21-11-4-3-5-12-21)19-32-17-9-2-1-8-16-28-18-24(31)29-22-13-7-6-10-20(22)14-15-23(29)30/h3-7,10-15,24,28,31H,1-2,8-9,16-19H2/t24-/m1/s1. The number of aliphatic hydroxyl groups excluding tert-OH is 1. The summed E-state index contributed by atoms with van der Waals surface area (Å²) < 4.78 is 34.6. The first-order chi connectivity index (χ1) is 15.5. The van der Waals surface area contributed by atoms with Crippen molar-refractivity contribution in [3.05, 3.63) is 82.6 Å². The Labute approximate surface area is 186 Å². The Morgan fingerprint density at radius 3 is 2.47 bits per heavy atom. The highest BCUT2D eigenvalue weighted by molar-refractivity contribution is 5.78. The summed E-state index contributed by atoms with van der Waals surface area (Å²) >= 11 is 0. The van der Waals surface area contributed by atoms with Crippen LogP contribution >= 0.6 is 0 Å². The highest BCUT2D eigenvalue weighted by atomic mass is 19.3. The Balaban J connectivity index is 1.28. The van der Waals surface area contributed by atoms with E-state index >= 15 is 0 Å². The third-order valence-corrected chi connectivity index (χ3v) is 5.34. The quantitative estimate of drug-likeness (QED) is 0.383. The van der Waals surface area contributed by atoms with Gasteiger partial charge in [0.25, 0.3) is 11.5 Å². The summed E-state index contributed by atoms with van der Waals surface area (Å²) in [5.41, 5.74) is 0.432. The van der Waals surface area contributed by atoms with Crippen LogP contribution in [-0.4, -0.2) is 36.0 Å². The van der Waals surface area contributed by atoms with Gasteiger partial charge in [0.1, 0.15) is 12.8 Å². The smallest absolute Gasteiger partial charge is 0.296 e. The zero-order valence-electron chi connectivity index (χ0n) is 18.1. The molecule has 2 N–H and O–H groups in total. The topological polar surface area (TPSA) is 63.5 Å². The number of unbranched alkanes of at least 4 members (excludes halogenated alkanes) is 3. The van der Waals surface area contributed by atoms with E-state index in [-0.39, 0.29) is 17.7 Å². The van der Waals surface area contributed by atoms with Crippen LogP contribution in [0.2, 0.25) is 0 Å². The number of aromatic nitrogens is 1. The second-order valence-electron chi connectivity index (χ2n) is 7.82. The van der Waals surface area contributed by atoms with Crippen LogP contribution < -0.4 is 10.9 Å². The van der Waals surface area contributed by atoms with Gasteiger partial charge in [-0.05, 0) is 36.9 Å². The fourth-order valence-electron chi connectivity index (χ4n) is 3.61. The van der Waals surface area contributed by atoms with E-state index in [1.54, 1.807) is 24.3 Å². The molecule has 0 aliphatic carbocycles. The molecule has 0 bridgehead atoms. The number of nitrogens with zero attached hydrogens (tertiary/aromatic N) is 1. The van der Waals surface area contributed by atoms with Crippen LogP contribution in [0.5, 0.6) is 0 Å². The SMILES string of the molecule is O=c1ccc2ccccc2n1[C@H](O)CNCCCCCCOCC(F)(F)c1ccccc1. The van der Waals surface area contributed by atoms with Crippen molar-refractivity contribution < 1.29 is 18.6 Å². The van der Waals surface area contributed by atoms with Gasteiger partial charge < -0.3 is 15.2 Å². The fraction of sp³-hybridized carbons (Fsp3) is 0.400. The second kappa shape index (κ2) is 11.9. The van der Waals surface area contributed by atoms with Crippen molar-refractivity contribution in [1.82, 2.24) is 9.88 Å². The Kier molecular flexibility index (Phi) is 8.90. The summed E-state index contributed by atoms with van der Waals surface area (Å²) in [6, 6.07) is 18.4. The maximum atomic E-state index is 14.0. The molecule has 32 heavy (non-hydrogen) atoms. The highest BCUT2D eigenvalue weighted by Crippen LogP contribution is 2.27. The maximum absolute atomic E-state index is 14.0. The zero-order chi connectivity index (χ0) is 22.8. The number of benzene rings is 2. The van der Waals surface area contributed by atoms with E-state index in [0.717, 1.165) is 31.1 Å². The van der Waals surface area contributed by atoms with E-state index in [1.165, 1.54) is 22.8 Å². The first-order valence-electron chi connectivity index (χ1n) is 11.0. The number of alkyl halides is 2. The van der Waals surface area contributed by atoms with E-state index in [9.17, 15) is 18.7 Å². The van der Waals surface area contributed by atoms with Gasteiger partial charge in [-0.1, -0.05) is 61.4 Å². The van der Waals surface area contributed by atoms with Crippen LogP contribution in [0, 0.1) is 0 Å². The molecule has 3 aromatic rings. The van der Waals surface area contributed by atoms with Gasteiger partial charge in [0.2, 0.25) is 0 Å². The van der Waals surface area contributed by atoms with Crippen molar-refractivity contribution in [2.75, 3.05) is 26.3 Å². The van der Waals surface area contributed by atoms with Crippen molar-refractivity contribution in [1.29, 1.82) is 0 Å². The lowest BCUT2D eigenvalue weighted by atomic mass is 10.1. The molecule has 7 heteroatoms. The van der Waals surface area contributed by atoms with Gasteiger partial charge in [0.05, 0.1) is 5.52 Å². The Morgan fingerprint density at radius 1 is 0.938 bits per heavy atom. The molecule has 0 aliphatic rings. The number of hydrogen-bond donors (Lipinski definition) is 2.